The lowest BCUT2D eigenvalue weighted by Crippen LogP contribution is -2.29. The molecule has 0 radical (unpaired) electrons. The summed E-state index contributed by atoms with van der Waals surface area (Å²) in [5, 5.41) is 5.40. The van der Waals surface area contributed by atoms with Crippen molar-refractivity contribution in [2.24, 2.45) is 5.92 Å². The van der Waals surface area contributed by atoms with Gasteiger partial charge in [0.25, 0.3) is 0 Å². The van der Waals surface area contributed by atoms with E-state index in [-0.39, 0.29) is 18.2 Å². The van der Waals surface area contributed by atoms with Gasteiger partial charge in [-0.2, -0.15) is 0 Å². The summed E-state index contributed by atoms with van der Waals surface area (Å²) < 4.78 is 0. The number of carbonyl (C=O) groups excluding carboxylic acids is 2. The fraction of sp³-hybridized carbons (Fsp3) is 0.429. The molecule has 0 spiro atoms. The maximum atomic E-state index is 11.5. The lowest BCUT2D eigenvalue weighted by atomic mass is 10.1. The Labute approximate surface area is 108 Å². The minimum Gasteiger partial charge on any atom is -0.356 e. The van der Waals surface area contributed by atoms with Crippen molar-refractivity contribution in [2.75, 3.05) is 11.9 Å². The average Bonchev–Trinajstić information content (AvgIpc) is 2.29. The summed E-state index contributed by atoms with van der Waals surface area (Å²) in [6.45, 7) is 4.80. The van der Waals surface area contributed by atoms with E-state index >= 15 is 0 Å². The second-order valence-electron chi connectivity index (χ2n) is 4.62. The highest BCUT2D eigenvalue weighted by atomic mass is 16.2. The molecule has 0 atom stereocenters. The fourth-order valence-electron chi connectivity index (χ4n) is 1.44. The lowest BCUT2D eigenvalue weighted by molar-refractivity contribution is -0.126. The maximum absolute atomic E-state index is 11.5. The van der Waals surface area contributed by atoms with Crippen LogP contribution in [0, 0.1) is 5.92 Å². The molecule has 0 unspecified atom stereocenters. The van der Waals surface area contributed by atoms with Crippen molar-refractivity contribution >= 4 is 17.5 Å². The van der Waals surface area contributed by atoms with Gasteiger partial charge < -0.3 is 10.6 Å². The molecule has 18 heavy (non-hydrogen) atoms. The zero-order valence-electron chi connectivity index (χ0n) is 10.9. The molecule has 1 aromatic carbocycles. The third kappa shape index (κ3) is 6.03. The number of carbonyl (C=O) groups is 2. The predicted octanol–water partition coefficient (Wildman–Crippen LogP) is 2.18. The van der Waals surface area contributed by atoms with Crippen LogP contribution in [-0.2, 0) is 9.59 Å². The highest BCUT2D eigenvalue weighted by Crippen LogP contribution is 2.05. The third-order valence-corrected chi connectivity index (χ3v) is 2.42. The highest BCUT2D eigenvalue weighted by Gasteiger charge is 2.09. The van der Waals surface area contributed by atoms with Gasteiger partial charge in [-0.05, 0) is 24.5 Å². The van der Waals surface area contributed by atoms with E-state index in [0.29, 0.717) is 18.2 Å². The molecular formula is C14H20N2O2. The Bertz CT molecular complexity index is 388. The molecule has 0 saturated heterocycles. The van der Waals surface area contributed by atoms with E-state index in [0.717, 1.165) is 6.42 Å². The smallest absolute Gasteiger partial charge is 0.233 e. The summed E-state index contributed by atoms with van der Waals surface area (Å²) in [5.74, 6) is 0.0239. The Morgan fingerprint density at radius 3 is 2.39 bits per heavy atom. The van der Waals surface area contributed by atoms with E-state index in [1.54, 1.807) is 12.1 Å². The fourth-order valence-corrected chi connectivity index (χ4v) is 1.44. The van der Waals surface area contributed by atoms with Gasteiger partial charge in [0.2, 0.25) is 11.8 Å². The minimum absolute atomic E-state index is 0.132. The van der Waals surface area contributed by atoms with E-state index in [1.807, 2.05) is 18.2 Å². The number of hydrogen-bond acceptors (Lipinski definition) is 2. The van der Waals surface area contributed by atoms with Crippen molar-refractivity contribution in [3.63, 3.8) is 0 Å². The Kier molecular flexibility index (Phi) is 5.91. The number of para-hydroxylation sites is 1. The number of benzene rings is 1. The van der Waals surface area contributed by atoms with Crippen molar-refractivity contribution in [3.8, 4) is 0 Å². The Morgan fingerprint density at radius 1 is 1.11 bits per heavy atom. The largest absolute Gasteiger partial charge is 0.356 e. The molecule has 0 heterocycles. The molecule has 0 aliphatic heterocycles. The number of nitrogens with one attached hydrogen (secondary N) is 2. The Balaban J connectivity index is 2.25. The summed E-state index contributed by atoms with van der Waals surface area (Å²) in [4.78, 5) is 23.0. The maximum Gasteiger partial charge on any atom is 0.233 e. The van der Waals surface area contributed by atoms with Crippen LogP contribution in [-0.4, -0.2) is 18.4 Å². The van der Waals surface area contributed by atoms with E-state index in [1.165, 1.54) is 0 Å². The van der Waals surface area contributed by atoms with Crippen LogP contribution >= 0.6 is 0 Å². The first-order valence-electron chi connectivity index (χ1n) is 6.19. The van der Waals surface area contributed by atoms with E-state index in [4.69, 9.17) is 0 Å². The second kappa shape index (κ2) is 7.48. The molecule has 0 saturated carbocycles. The van der Waals surface area contributed by atoms with E-state index in [2.05, 4.69) is 24.5 Å². The van der Waals surface area contributed by atoms with Crippen LogP contribution in [0.5, 0.6) is 0 Å². The Hall–Kier alpha value is -1.84. The first-order valence-corrected chi connectivity index (χ1v) is 6.19. The molecule has 0 fully saturated rings. The number of anilines is 1. The molecular weight excluding hydrogens is 228 g/mol. The third-order valence-electron chi connectivity index (χ3n) is 2.42. The number of amides is 2. The van der Waals surface area contributed by atoms with Gasteiger partial charge in [-0.15, -0.1) is 0 Å². The SMILES string of the molecule is CC(C)CCNC(=O)CC(=O)Nc1ccccc1. The van der Waals surface area contributed by atoms with Crippen LogP contribution in [0.3, 0.4) is 0 Å². The molecule has 1 rings (SSSR count). The van der Waals surface area contributed by atoms with Crippen LogP contribution in [0.25, 0.3) is 0 Å². The summed E-state index contributed by atoms with van der Waals surface area (Å²) in [6, 6.07) is 9.11. The molecule has 0 aliphatic carbocycles. The first-order chi connectivity index (χ1) is 8.58. The van der Waals surface area contributed by atoms with Crippen molar-refractivity contribution in [3.05, 3.63) is 30.3 Å². The standard InChI is InChI=1S/C14H20N2O2/c1-11(2)8-9-15-13(17)10-14(18)16-12-6-4-3-5-7-12/h3-7,11H,8-10H2,1-2H3,(H,15,17)(H,16,18). The predicted molar refractivity (Wildman–Crippen MR) is 72.2 cm³/mol. The second-order valence-corrected chi connectivity index (χ2v) is 4.62. The van der Waals surface area contributed by atoms with Gasteiger partial charge in [0.1, 0.15) is 6.42 Å². The summed E-state index contributed by atoms with van der Waals surface area (Å²) in [6.07, 6.45) is 0.791. The molecule has 2 N–H and O–H groups in total. The molecule has 4 nitrogen and oxygen atoms in total. The van der Waals surface area contributed by atoms with Crippen LogP contribution < -0.4 is 10.6 Å². The first kappa shape index (κ1) is 14.2. The molecule has 0 aliphatic rings. The number of hydrogen-bond donors (Lipinski definition) is 2. The van der Waals surface area contributed by atoms with Gasteiger partial charge in [-0.1, -0.05) is 32.0 Å². The minimum atomic E-state index is -0.289. The van der Waals surface area contributed by atoms with Gasteiger partial charge >= 0.3 is 0 Å². The molecule has 1 aromatic rings. The zero-order valence-corrected chi connectivity index (χ0v) is 10.9. The van der Waals surface area contributed by atoms with Crippen molar-refractivity contribution in [1.82, 2.24) is 5.32 Å². The van der Waals surface area contributed by atoms with E-state index in [9.17, 15) is 9.59 Å². The van der Waals surface area contributed by atoms with Gasteiger partial charge in [-0.3, -0.25) is 9.59 Å². The Morgan fingerprint density at radius 2 is 1.78 bits per heavy atom. The van der Waals surface area contributed by atoms with Gasteiger partial charge in [0, 0.05) is 12.2 Å². The van der Waals surface area contributed by atoms with Gasteiger partial charge in [-0.25, -0.2) is 0 Å². The van der Waals surface area contributed by atoms with Crippen LogP contribution in [0.2, 0.25) is 0 Å². The average molecular weight is 248 g/mol. The lowest BCUT2D eigenvalue weighted by Gasteiger charge is -2.07. The van der Waals surface area contributed by atoms with Crippen molar-refractivity contribution < 1.29 is 9.59 Å². The summed E-state index contributed by atoms with van der Waals surface area (Å²) in [7, 11) is 0. The molecule has 0 bridgehead atoms. The van der Waals surface area contributed by atoms with Crippen molar-refractivity contribution in [2.45, 2.75) is 26.7 Å². The quantitative estimate of drug-likeness (QED) is 0.758. The summed E-state index contributed by atoms with van der Waals surface area (Å²) in [5.41, 5.74) is 0.706. The molecule has 0 aromatic heterocycles. The van der Waals surface area contributed by atoms with Crippen LogP contribution in [0.4, 0.5) is 5.69 Å². The monoisotopic (exact) mass is 248 g/mol. The topological polar surface area (TPSA) is 58.2 Å². The van der Waals surface area contributed by atoms with Crippen molar-refractivity contribution in [1.29, 1.82) is 0 Å². The van der Waals surface area contributed by atoms with Crippen LogP contribution in [0.15, 0.2) is 30.3 Å². The molecule has 2 amide bonds. The highest BCUT2D eigenvalue weighted by molar-refractivity contribution is 6.03. The summed E-state index contributed by atoms with van der Waals surface area (Å²) >= 11 is 0. The number of rotatable bonds is 6. The van der Waals surface area contributed by atoms with Gasteiger partial charge in [0.05, 0.1) is 0 Å². The molecule has 4 heteroatoms. The molecule has 98 valence electrons. The zero-order chi connectivity index (χ0) is 13.4. The van der Waals surface area contributed by atoms with Gasteiger partial charge in [0.15, 0.2) is 0 Å². The normalized spacial score (nSPS) is 10.2. The van der Waals surface area contributed by atoms with E-state index < -0.39 is 0 Å². The van der Waals surface area contributed by atoms with Crippen LogP contribution in [0.1, 0.15) is 26.7 Å².